The number of hydrogen-bond acceptors (Lipinski definition) is 5. The van der Waals surface area contributed by atoms with Gasteiger partial charge in [0, 0.05) is 24.0 Å². The number of carbonyl (C=O) groups excluding carboxylic acids is 2. The van der Waals surface area contributed by atoms with E-state index in [9.17, 15) is 9.59 Å². The molecule has 0 fully saturated rings. The minimum absolute atomic E-state index is 0.141. The summed E-state index contributed by atoms with van der Waals surface area (Å²) in [6.07, 6.45) is 1.29. The van der Waals surface area contributed by atoms with Gasteiger partial charge in [0.1, 0.15) is 23.1 Å². The van der Waals surface area contributed by atoms with Crippen LogP contribution in [0.5, 0.6) is 5.75 Å². The van der Waals surface area contributed by atoms with Crippen molar-refractivity contribution in [2.24, 2.45) is 0 Å². The molecule has 1 aliphatic heterocycles. The standard InChI is InChI=1S/C30H29N3O3S/c1-3-28(34)33-16-15-21-11-14-24(17-25(21)29(33)22-7-5-4-6-8-22)36-18-27-32-26(19-37-27)30(35)31-23-12-9-20(2)10-13-23/h4-14,17,19,29H,3,15-16,18H2,1-2H3,(H,31,35). The molecule has 0 saturated carbocycles. The summed E-state index contributed by atoms with van der Waals surface area (Å²) in [6.45, 7) is 4.87. The van der Waals surface area contributed by atoms with Gasteiger partial charge in [0.25, 0.3) is 5.91 Å². The Labute approximate surface area is 220 Å². The molecule has 1 N–H and O–H groups in total. The average Bonchev–Trinajstić information content (AvgIpc) is 3.42. The van der Waals surface area contributed by atoms with Crippen LogP contribution in [0.25, 0.3) is 0 Å². The van der Waals surface area contributed by atoms with Crippen molar-refractivity contribution >= 4 is 28.8 Å². The highest BCUT2D eigenvalue weighted by Crippen LogP contribution is 2.37. The van der Waals surface area contributed by atoms with Gasteiger partial charge in [-0.1, -0.05) is 61.0 Å². The first kappa shape index (κ1) is 24.7. The first-order chi connectivity index (χ1) is 18.0. The number of nitrogens with zero attached hydrogens (tertiary/aromatic N) is 2. The molecular formula is C30H29N3O3S. The van der Waals surface area contributed by atoms with E-state index in [2.05, 4.69) is 28.5 Å². The number of aromatic nitrogens is 1. The third-order valence-corrected chi connectivity index (χ3v) is 7.36. The van der Waals surface area contributed by atoms with Gasteiger partial charge in [-0.2, -0.15) is 0 Å². The molecule has 1 aliphatic rings. The molecule has 0 bridgehead atoms. The molecule has 5 rings (SSSR count). The van der Waals surface area contributed by atoms with E-state index in [1.165, 1.54) is 16.9 Å². The molecular weight excluding hydrogens is 482 g/mol. The third kappa shape index (κ3) is 5.57. The number of amides is 2. The van der Waals surface area contributed by atoms with E-state index in [4.69, 9.17) is 4.74 Å². The zero-order valence-electron chi connectivity index (χ0n) is 20.9. The maximum atomic E-state index is 12.8. The van der Waals surface area contributed by atoms with Crippen molar-refractivity contribution in [1.29, 1.82) is 0 Å². The van der Waals surface area contributed by atoms with E-state index in [0.29, 0.717) is 29.4 Å². The molecule has 188 valence electrons. The second kappa shape index (κ2) is 11.0. The molecule has 37 heavy (non-hydrogen) atoms. The number of benzene rings is 3. The van der Waals surface area contributed by atoms with Crippen molar-refractivity contribution in [2.45, 2.75) is 39.3 Å². The third-order valence-electron chi connectivity index (χ3n) is 6.54. The fraction of sp³-hybridized carbons (Fsp3) is 0.233. The van der Waals surface area contributed by atoms with Crippen molar-refractivity contribution < 1.29 is 14.3 Å². The Morgan fingerprint density at radius 3 is 2.62 bits per heavy atom. The van der Waals surface area contributed by atoms with Crippen LogP contribution in [0, 0.1) is 6.92 Å². The van der Waals surface area contributed by atoms with Crippen LogP contribution in [0.15, 0.2) is 78.2 Å². The van der Waals surface area contributed by atoms with Crippen LogP contribution in [-0.4, -0.2) is 28.2 Å². The molecule has 3 aromatic carbocycles. The highest BCUT2D eigenvalue weighted by Gasteiger charge is 2.31. The van der Waals surface area contributed by atoms with Crippen molar-refractivity contribution in [1.82, 2.24) is 9.88 Å². The van der Waals surface area contributed by atoms with Gasteiger partial charge in [0.15, 0.2) is 0 Å². The Bertz CT molecular complexity index is 1400. The van der Waals surface area contributed by atoms with Gasteiger partial charge in [0.2, 0.25) is 5.91 Å². The Kier molecular flexibility index (Phi) is 7.32. The molecule has 1 unspecified atom stereocenters. The van der Waals surface area contributed by atoms with Gasteiger partial charge in [-0.15, -0.1) is 11.3 Å². The number of aryl methyl sites for hydroxylation is 1. The van der Waals surface area contributed by atoms with Crippen molar-refractivity contribution in [3.05, 3.63) is 111 Å². The van der Waals surface area contributed by atoms with Crippen molar-refractivity contribution in [2.75, 3.05) is 11.9 Å². The fourth-order valence-electron chi connectivity index (χ4n) is 4.61. The highest BCUT2D eigenvalue weighted by atomic mass is 32.1. The van der Waals surface area contributed by atoms with E-state index in [1.54, 1.807) is 5.38 Å². The number of fused-ring (bicyclic) bond motifs is 1. The Hall–Kier alpha value is -3.97. The van der Waals surface area contributed by atoms with Crippen LogP contribution in [0.3, 0.4) is 0 Å². The van der Waals surface area contributed by atoms with Crippen LogP contribution < -0.4 is 10.1 Å². The molecule has 0 aliphatic carbocycles. The summed E-state index contributed by atoms with van der Waals surface area (Å²) in [5.74, 6) is 0.614. The maximum absolute atomic E-state index is 12.8. The molecule has 4 aromatic rings. The average molecular weight is 512 g/mol. The second-order valence-electron chi connectivity index (χ2n) is 9.10. The Morgan fingerprint density at radius 2 is 1.86 bits per heavy atom. The van der Waals surface area contributed by atoms with Gasteiger partial charge in [-0.05, 0) is 54.3 Å². The highest BCUT2D eigenvalue weighted by molar-refractivity contribution is 7.09. The number of thiazole rings is 1. The zero-order chi connectivity index (χ0) is 25.8. The first-order valence-corrected chi connectivity index (χ1v) is 13.3. The SMILES string of the molecule is CCC(=O)N1CCc2ccc(OCc3nc(C(=O)Nc4ccc(C)cc4)cs3)cc2C1c1ccccc1. The molecule has 1 aromatic heterocycles. The lowest BCUT2D eigenvalue weighted by Gasteiger charge is -2.38. The molecule has 0 saturated heterocycles. The molecule has 1 atom stereocenters. The largest absolute Gasteiger partial charge is 0.486 e. The fourth-order valence-corrected chi connectivity index (χ4v) is 5.29. The summed E-state index contributed by atoms with van der Waals surface area (Å²) in [7, 11) is 0. The van der Waals surface area contributed by atoms with E-state index in [1.807, 2.05) is 73.3 Å². The minimum atomic E-state index is -0.244. The quantitative estimate of drug-likeness (QED) is 0.322. The molecule has 2 heterocycles. The van der Waals surface area contributed by atoms with E-state index >= 15 is 0 Å². The lowest BCUT2D eigenvalue weighted by molar-refractivity contribution is -0.132. The number of hydrogen-bond donors (Lipinski definition) is 1. The summed E-state index contributed by atoms with van der Waals surface area (Å²) < 4.78 is 6.10. The number of carbonyl (C=O) groups is 2. The lowest BCUT2D eigenvalue weighted by Crippen LogP contribution is -2.40. The summed E-state index contributed by atoms with van der Waals surface area (Å²) in [6, 6.07) is 23.8. The van der Waals surface area contributed by atoms with Gasteiger partial charge < -0.3 is 15.0 Å². The normalized spacial score (nSPS) is 14.6. The molecule has 0 spiro atoms. The summed E-state index contributed by atoms with van der Waals surface area (Å²) >= 11 is 1.39. The van der Waals surface area contributed by atoms with Gasteiger partial charge in [-0.3, -0.25) is 9.59 Å². The zero-order valence-corrected chi connectivity index (χ0v) is 21.8. The molecule has 2 amide bonds. The number of ether oxygens (including phenoxy) is 1. The summed E-state index contributed by atoms with van der Waals surface area (Å²) in [5, 5.41) is 5.34. The monoisotopic (exact) mass is 511 g/mol. The van der Waals surface area contributed by atoms with E-state index in [0.717, 1.165) is 28.8 Å². The first-order valence-electron chi connectivity index (χ1n) is 12.4. The van der Waals surface area contributed by atoms with Crippen LogP contribution >= 0.6 is 11.3 Å². The minimum Gasteiger partial charge on any atom is -0.486 e. The van der Waals surface area contributed by atoms with Gasteiger partial charge in [-0.25, -0.2) is 4.98 Å². The predicted octanol–water partition coefficient (Wildman–Crippen LogP) is 6.17. The van der Waals surface area contributed by atoms with E-state index < -0.39 is 0 Å². The van der Waals surface area contributed by atoms with Crippen molar-refractivity contribution in [3.8, 4) is 5.75 Å². The summed E-state index contributed by atoms with van der Waals surface area (Å²) in [4.78, 5) is 31.8. The number of rotatable bonds is 7. The topological polar surface area (TPSA) is 71.5 Å². The van der Waals surface area contributed by atoms with E-state index in [-0.39, 0.29) is 24.5 Å². The van der Waals surface area contributed by atoms with Crippen LogP contribution in [-0.2, 0) is 17.8 Å². The Morgan fingerprint density at radius 1 is 1.08 bits per heavy atom. The second-order valence-corrected chi connectivity index (χ2v) is 10.0. The molecule has 6 nitrogen and oxygen atoms in total. The van der Waals surface area contributed by atoms with Gasteiger partial charge in [0.05, 0.1) is 6.04 Å². The van der Waals surface area contributed by atoms with Crippen LogP contribution in [0.2, 0.25) is 0 Å². The van der Waals surface area contributed by atoms with Crippen LogP contribution in [0.4, 0.5) is 5.69 Å². The maximum Gasteiger partial charge on any atom is 0.275 e. The molecule has 7 heteroatoms. The lowest BCUT2D eigenvalue weighted by atomic mass is 9.87. The Balaban J connectivity index is 1.31. The number of nitrogens with one attached hydrogen (secondary N) is 1. The van der Waals surface area contributed by atoms with Crippen molar-refractivity contribution in [3.63, 3.8) is 0 Å². The van der Waals surface area contributed by atoms with Gasteiger partial charge >= 0.3 is 0 Å². The predicted molar refractivity (Wildman–Crippen MR) is 146 cm³/mol. The smallest absolute Gasteiger partial charge is 0.275 e. The molecule has 0 radical (unpaired) electrons. The summed E-state index contributed by atoms with van der Waals surface area (Å²) in [5.41, 5.74) is 5.64. The van der Waals surface area contributed by atoms with Crippen LogP contribution in [0.1, 0.15) is 57.1 Å². The number of anilines is 1.